The first-order valence-corrected chi connectivity index (χ1v) is 8.86. The second kappa shape index (κ2) is 10.8. The van der Waals surface area contributed by atoms with Gasteiger partial charge in [0.1, 0.15) is 0 Å². The van der Waals surface area contributed by atoms with Crippen LogP contribution < -0.4 is 10.6 Å². The first kappa shape index (κ1) is 22.8. The molecule has 25 heavy (non-hydrogen) atoms. The molecule has 8 heteroatoms. The van der Waals surface area contributed by atoms with Crippen molar-refractivity contribution < 1.29 is 4.74 Å². The van der Waals surface area contributed by atoms with Crippen LogP contribution >= 0.6 is 47.2 Å². The summed E-state index contributed by atoms with van der Waals surface area (Å²) < 4.78 is 5.51. The molecular formula is C17H27Cl2IN4O. The molecule has 1 saturated heterocycles. The Balaban J connectivity index is 0.00000312. The summed E-state index contributed by atoms with van der Waals surface area (Å²) in [5.74, 6) is 0.758. The third kappa shape index (κ3) is 6.43. The summed E-state index contributed by atoms with van der Waals surface area (Å²) >= 11 is 12.1. The van der Waals surface area contributed by atoms with E-state index in [0.717, 1.165) is 44.1 Å². The van der Waals surface area contributed by atoms with Crippen LogP contribution in [0, 0.1) is 0 Å². The van der Waals surface area contributed by atoms with Crippen molar-refractivity contribution in [2.24, 2.45) is 4.99 Å². The van der Waals surface area contributed by atoms with Crippen LogP contribution in [-0.4, -0.2) is 57.3 Å². The zero-order valence-electron chi connectivity index (χ0n) is 14.9. The topological polar surface area (TPSA) is 48.9 Å². The number of guanidine groups is 1. The lowest BCUT2D eigenvalue weighted by molar-refractivity contribution is -0.00501. The smallest absolute Gasteiger partial charge is 0.191 e. The van der Waals surface area contributed by atoms with Gasteiger partial charge in [-0.2, -0.15) is 0 Å². The molecule has 2 rings (SSSR count). The van der Waals surface area contributed by atoms with Crippen LogP contribution in [0.5, 0.6) is 0 Å². The molecule has 0 bridgehead atoms. The van der Waals surface area contributed by atoms with E-state index < -0.39 is 0 Å². The maximum absolute atomic E-state index is 6.21. The van der Waals surface area contributed by atoms with Gasteiger partial charge in [-0.1, -0.05) is 29.3 Å². The third-order valence-corrected chi connectivity index (χ3v) is 5.23. The Kier molecular flexibility index (Phi) is 9.80. The van der Waals surface area contributed by atoms with Gasteiger partial charge < -0.3 is 20.3 Å². The van der Waals surface area contributed by atoms with E-state index in [-0.39, 0.29) is 29.5 Å². The van der Waals surface area contributed by atoms with Gasteiger partial charge in [0.2, 0.25) is 0 Å². The molecule has 0 atom stereocenters. The SMILES string of the molecule is CN=C(NCc1ccc(Cl)cc1Cl)NCC1(N(C)C)CCOCC1.I. The maximum Gasteiger partial charge on any atom is 0.191 e. The van der Waals surface area contributed by atoms with E-state index in [1.807, 2.05) is 12.1 Å². The molecule has 0 saturated carbocycles. The van der Waals surface area contributed by atoms with E-state index >= 15 is 0 Å². The lowest BCUT2D eigenvalue weighted by Crippen LogP contribution is -2.57. The fourth-order valence-electron chi connectivity index (χ4n) is 2.85. The quantitative estimate of drug-likeness (QED) is 0.369. The molecule has 142 valence electrons. The van der Waals surface area contributed by atoms with Gasteiger partial charge in [-0.25, -0.2) is 0 Å². The number of likely N-dealkylation sites (N-methyl/N-ethyl adjacent to an activating group) is 1. The fourth-order valence-corrected chi connectivity index (χ4v) is 3.32. The van der Waals surface area contributed by atoms with Gasteiger partial charge in [0.25, 0.3) is 0 Å². The van der Waals surface area contributed by atoms with Crippen molar-refractivity contribution in [2.75, 3.05) is 40.9 Å². The van der Waals surface area contributed by atoms with Crippen LogP contribution in [0.1, 0.15) is 18.4 Å². The van der Waals surface area contributed by atoms with Crippen molar-refractivity contribution in [3.8, 4) is 0 Å². The number of hydrogen-bond acceptors (Lipinski definition) is 3. The Morgan fingerprint density at radius 2 is 1.92 bits per heavy atom. The number of nitrogens with one attached hydrogen (secondary N) is 2. The standard InChI is InChI=1S/C17H26Cl2N4O.HI/c1-20-16(21-11-13-4-5-14(18)10-15(13)19)22-12-17(23(2)3)6-8-24-9-7-17;/h4-5,10H,6-9,11-12H2,1-3H3,(H2,20,21,22);1H. The number of halogens is 3. The third-order valence-electron chi connectivity index (χ3n) is 4.64. The molecule has 0 amide bonds. The highest BCUT2D eigenvalue weighted by molar-refractivity contribution is 14.0. The van der Waals surface area contributed by atoms with Crippen LogP contribution in [0.15, 0.2) is 23.2 Å². The van der Waals surface area contributed by atoms with Gasteiger partial charge in [0, 0.05) is 48.9 Å². The van der Waals surface area contributed by atoms with E-state index in [1.54, 1.807) is 13.1 Å². The van der Waals surface area contributed by atoms with Crippen molar-refractivity contribution in [3.63, 3.8) is 0 Å². The first-order valence-electron chi connectivity index (χ1n) is 8.10. The monoisotopic (exact) mass is 500 g/mol. The number of benzene rings is 1. The summed E-state index contributed by atoms with van der Waals surface area (Å²) in [6.45, 7) is 3.00. The molecule has 2 N–H and O–H groups in total. The Hall–Kier alpha value is -0.280. The largest absolute Gasteiger partial charge is 0.381 e. The summed E-state index contributed by atoms with van der Waals surface area (Å²) in [5, 5.41) is 8.03. The number of hydrogen-bond donors (Lipinski definition) is 2. The van der Waals surface area contributed by atoms with Gasteiger partial charge in [-0.3, -0.25) is 4.99 Å². The van der Waals surface area contributed by atoms with Crippen molar-refractivity contribution in [3.05, 3.63) is 33.8 Å². The minimum Gasteiger partial charge on any atom is -0.381 e. The second-order valence-electron chi connectivity index (χ2n) is 6.25. The summed E-state index contributed by atoms with van der Waals surface area (Å²) in [4.78, 5) is 6.58. The maximum atomic E-state index is 6.21. The summed E-state index contributed by atoms with van der Waals surface area (Å²) in [7, 11) is 6.01. The highest BCUT2D eigenvalue weighted by Crippen LogP contribution is 2.25. The van der Waals surface area contributed by atoms with E-state index in [4.69, 9.17) is 27.9 Å². The van der Waals surface area contributed by atoms with E-state index in [9.17, 15) is 0 Å². The normalized spacial score (nSPS) is 17.1. The van der Waals surface area contributed by atoms with Crippen LogP contribution in [0.4, 0.5) is 0 Å². The fraction of sp³-hybridized carbons (Fsp3) is 0.588. The Bertz CT molecular complexity index is 578. The zero-order valence-corrected chi connectivity index (χ0v) is 18.8. The summed E-state index contributed by atoms with van der Waals surface area (Å²) in [6.07, 6.45) is 2.01. The molecule has 5 nitrogen and oxygen atoms in total. The molecule has 1 heterocycles. The number of nitrogens with zero attached hydrogens (tertiary/aromatic N) is 2. The number of aliphatic imine (C=N–C) groups is 1. The summed E-state index contributed by atoms with van der Waals surface area (Å²) in [6, 6.07) is 5.51. The molecule has 1 aromatic carbocycles. The molecule has 0 unspecified atom stereocenters. The van der Waals surface area contributed by atoms with Crippen LogP contribution in [0.2, 0.25) is 10.0 Å². The van der Waals surface area contributed by atoms with Crippen molar-refractivity contribution >= 4 is 53.1 Å². The van der Waals surface area contributed by atoms with Crippen LogP contribution in [-0.2, 0) is 11.3 Å². The van der Waals surface area contributed by atoms with E-state index in [0.29, 0.717) is 16.6 Å². The van der Waals surface area contributed by atoms with E-state index in [2.05, 4.69) is 34.6 Å². The highest BCUT2D eigenvalue weighted by atomic mass is 127. The molecule has 1 aromatic rings. The lowest BCUT2D eigenvalue weighted by Gasteiger charge is -2.43. The molecule has 1 aliphatic heterocycles. The predicted octanol–water partition coefficient (Wildman–Crippen LogP) is 3.39. The molecule has 1 aliphatic rings. The summed E-state index contributed by atoms with van der Waals surface area (Å²) in [5.41, 5.74) is 1.07. The average molecular weight is 501 g/mol. The molecule has 0 spiro atoms. The van der Waals surface area contributed by atoms with Crippen LogP contribution in [0.25, 0.3) is 0 Å². The minimum absolute atomic E-state index is 0. The van der Waals surface area contributed by atoms with Gasteiger partial charge in [0.15, 0.2) is 5.96 Å². The van der Waals surface area contributed by atoms with Gasteiger partial charge >= 0.3 is 0 Å². The van der Waals surface area contributed by atoms with E-state index in [1.165, 1.54) is 0 Å². The highest BCUT2D eigenvalue weighted by Gasteiger charge is 2.34. The number of ether oxygens (including phenoxy) is 1. The Morgan fingerprint density at radius 3 is 2.48 bits per heavy atom. The minimum atomic E-state index is 0. The molecule has 0 aliphatic carbocycles. The lowest BCUT2D eigenvalue weighted by atomic mass is 9.88. The Morgan fingerprint density at radius 1 is 1.24 bits per heavy atom. The van der Waals surface area contributed by atoms with Crippen molar-refractivity contribution in [1.82, 2.24) is 15.5 Å². The van der Waals surface area contributed by atoms with Gasteiger partial charge in [-0.15, -0.1) is 24.0 Å². The van der Waals surface area contributed by atoms with Gasteiger partial charge in [0.05, 0.1) is 0 Å². The van der Waals surface area contributed by atoms with Crippen molar-refractivity contribution in [1.29, 1.82) is 0 Å². The molecule has 1 fully saturated rings. The molecule has 0 aromatic heterocycles. The van der Waals surface area contributed by atoms with Crippen LogP contribution in [0.3, 0.4) is 0 Å². The average Bonchev–Trinajstić information content (AvgIpc) is 2.57. The predicted molar refractivity (Wildman–Crippen MR) is 117 cm³/mol. The molecular weight excluding hydrogens is 474 g/mol. The molecule has 0 radical (unpaired) electrons. The van der Waals surface area contributed by atoms with Gasteiger partial charge in [-0.05, 0) is 44.6 Å². The zero-order chi connectivity index (χ0) is 17.6. The number of rotatable bonds is 5. The van der Waals surface area contributed by atoms with Crippen molar-refractivity contribution in [2.45, 2.75) is 24.9 Å². The first-order chi connectivity index (χ1) is 11.5. The Labute approximate surface area is 177 Å². The second-order valence-corrected chi connectivity index (χ2v) is 7.09.